The third kappa shape index (κ3) is 11.3. The second-order valence-electron chi connectivity index (χ2n) is 4.68. The SMILES string of the molecule is CN(CCCN=C(N(C)C)N(C)C)CC(F)(F)F.I. The predicted molar refractivity (Wildman–Crippen MR) is 83.3 cm³/mol. The molecule has 19 heavy (non-hydrogen) atoms. The third-order valence-electron chi connectivity index (χ3n) is 2.20. The molecule has 0 aliphatic heterocycles. The topological polar surface area (TPSA) is 22.1 Å². The van der Waals surface area contributed by atoms with Gasteiger partial charge in [0.05, 0.1) is 6.54 Å². The Morgan fingerprint density at radius 3 is 1.84 bits per heavy atom. The molecule has 0 spiro atoms. The van der Waals surface area contributed by atoms with E-state index in [0.29, 0.717) is 19.5 Å². The van der Waals surface area contributed by atoms with Gasteiger partial charge in [-0.15, -0.1) is 24.0 Å². The average molecular weight is 396 g/mol. The third-order valence-corrected chi connectivity index (χ3v) is 2.20. The summed E-state index contributed by atoms with van der Waals surface area (Å²) < 4.78 is 36.2. The fourth-order valence-electron chi connectivity index (χ4n) is 1.59. The summed E-state index contributed by atoms with van der Waals surface area (Å²) in [6.45, 7) is 0.0377. The monoisotopic (exact) mass is 396 g/mol. The maximum absolute atomic E-state index is 12.1. The first-order chi connectivity index (χ1) is 8.13. The molecule has 0 aromatic heterocycles. The lowest BCUT2D eigenvalue weighted by atomic mass is 10.4. The van der Waals surface area contributed by atoms with Crippen molar-refractivity contribution < 1.29 is 13.2 Å². The standard InChI is InChI=1S/C11H23F3N4.HI/c1-16(2)10(17(3)4)15-7-6-8-18(5)9-11(12,13)14;/h6-9H2,1-5H3;1H. The van der Waals surface area contributed by atoms with E-state index in [2.05, 4.69) is 4.99 Å². The van der Waals surface area contributed by atoms with Crippen LogP contribution in [0.3, 0.4) is 0 Å². The van der Waals surface area contributed by atoms with Crippen molar-refractivity contribution in [1.29, 1.82) is 0 Å². The molecule has 0 aromatic carbocycles. The van der Waals surface area contributed by atoms with Crippen LogP contribution in [-0.2, 0) is 0 Å². The smallest absolute Gasteiger partial charge is 0.349 e. The molecule has 0 aromatic rings. The first-order valence-corrected chi connectivity index (χ1v) is 5.78. The fourth-order valence-corrected chi connectivity index (χ4v) is 1.59. The predicted octanol–water partition coefficient (Wildman–Crippen LogP) is 1.97. The number of alkyl halides is 3. The lowest BCUT2D eigenvalue weighted by molar-refractivity contribution is -0.143. The Morgan fingerprint density at radius 1 is 1.00 bits per heavy atom. The van der Waals surface area contributed by atoms with Gasteiger partial charge in [0.25, 0.3) is 0 Å². The molecule has 0 N–H and O–H groups in total. The molecule has 8 heteroatoms. The van der Waals surface area contributed by atoms with Crippen molar-refractivity contribution in [2.75, 3.05) is 54.9 Å². The molecule has 0 aliphatic carbocycles. The summed E-state index contributed by atoms with van der Waals surface area (Å²) in [5.74, 6) is 0.813. The number of nitrogens with zero attached hydrogens (tertiary/aromatic N) is 4. The number of aliphatic imine (C=N–C) groups is 1. The van der Waals surface area contributed by atoms with Crippen LogP contribution in [0.2, 0.25) is 0 Å². The van der Waals surface area contributed by atoms with Gasteiger partial charge in [0.2, 0.25) is 0 Å². The molecule has 0 saturated heterocycles. The quantitative estimate of drug-likeness (QED) is 0.307. The summed E-state index contributed by atoms with van der Waals surface area (Å²) in [5, 5.41) is 0. The number of hydrogen-bond acceptors (Lipinski definition) is 2. The first-order valence-electron chi connectivity index (χ1n) is 5.78. The van der Waals surface area contributed by atoms with Crippen LogP contribution in [0, 0.1) is 0 Å². The van der Waals surface area contributed by atoms with Gasteiger partial charge in [0, 0.05) is 34.7 Å². The van der Waals surface area contributed by atoms with E-state index in [1.165, 1.54) is 11.9 Å². The minimum atomic E-state index is -4.13. The highest BCUT2D eigenvalue weighted by molar-refractivity contribution is 14.0. The molecule has 0 saturated carbocycles. The Morgan fingerprint density at radius 2 is 1.47 bits per heavy atom. The molecule has 0 rings (SSSR count). The summed E-state index contributed by atoms with van der Waals surface area (Å²) in [5.41, 5.74) is 0. The second kappa shape index (κ2) is 9.62. The van der Waals surface area contributed by atoms with Crippen molar-refractivity contribution in [2.24, 2.45) is 4.99 Å². The lowest BCUT2D eigenvalue weighted by Crippen LogP contribution is -2.36. The Hall–Kier alpha value is -0.250. The van der Waals surface area contributed by atoms with Crippen LogP contribution in [0.4, 0.5) is 13.2 Å². The van der Waals surface area contributed by atoms with Crippen molar-refractivity contribution in [1.82, 2.24) is 14.7 Å². The second-order valence-corrected chi connectivity index (χ2v) is 4.68. The minimum Gasteiger partial charge on any atom is -0.349 e. The van der Waals surface area contributed by atoms with E-state index in [1.807, 2.05) is 38.0 Å². The van der Waals surface area contributed by atoms with E-state index in [4.69, 9.17) is 0 Å². The summed E-state index contributed by atoms with van der Waals surface area (Å²) in [6, 6.07) is 0. The minimum absolute atomic E-state index is 0. The Labute approximate surface area is 130 Å². The van der Waals surface area contributed by atoms with Gasteiger partial charge in [-0.1, -0.05) is 0 Å². The molecule has 0 radical (unpaired) electrons. The fraction of sp³-hybridized carbons (Fsp3) is 0.909. The van der Waals surface area contributed by atoms with E-state index >= 15 is 0 Å². The van der Waals surface area contributed by atoms with Crippen molar-refractivity contribution in [2.45, 2.75) is 12.6 Å². The van der Waals surface area contributed by atoms with Crippen molar-refractivity contribution in [3.63, 3.8) is 0 Å². The van der Waals surface area contributed by atoms with Gasteiger partial charge in [0.1, 0.15) is 0 Å². The molecule has 4 nitrogen and oxygen atoms in total. The number of rotatable bonds is 5. The molecule has 0 unspecified atom stereocenters. The summed E-state index contributed by atoms with van der Waals surface area (Å²) in [4.78, 5) is 9.37. The lowest BCUT2D eigenvalue weighted by Gasteiger charge is -2.23. The molecular weight excluding hydrogens is 372 g/mol. The van der Waals surface area contributed by atoms with E-state index in [1.54, 1.807) is 0 Å². The van der Waals surface area contributed by atoms with E-state index < -0.39 is 12.7 Å². The van der Waals surface area contributed by atoms with Crippen LogP contribution in [-0.4, -0.2) is 81.7 Å². The zero-order valence-corrected chi connectivity index (χ0v) is 14.5. The Bertz CT molecular complexity index is 257. The number of guanidine groups is 1. The molecule has 0 heterocycles. The molecular formula is C11H24F3IN4. The van der Waals surface area contributed by atoms with Gasteiger partial charge in [0.15, 0.2) is 5.96 Å². The highest BCUT2D eigenvalue weighted by atomic mass is 127. The Balaban J connectivity index is 0. The zero-order chi connectivity index (χ0) is 14.3. The van der Waals surface area contributed by atoms with Gasteiger partial charge in [-0.2, -0.15) is 13.2 Å². The van der Waals surface area contributed by atoms with Crippen molar-refractivity contribution >= 4 is 29.9 Å². The van der Waals surface area contributed by atoms with Crippen LogP contribution >= 0.6 is 24.0 Å². The zero-order valence-electron chi connectivity index (χ0n) is 12.2. The van der Waals surface area contributed by atoms with Crippen molar-refractivity contribution in [3.05, 3.63) is 0 Å². The molecule has 0 atom stereocenters. The number of hydrogen-bond donors (Lipinski definition) is 0. The van der Waals surface area contributed by atoms with Crippen LogP contribution in [0.25, 0.3) is 0 Å². The van der Waals surface area contributed by atoms with E-state index in [0.717, 1.165) is 5.96 Å². The van der Waals surface area contributed by atoms with E-state index in [9.17, 15) is 13.2 Å². The highest BCUT2D eigenvalue weighted by Crippen LogP contribution is 2.15. The van der Waals surface area contributed by atoms with Gasteiger partial charge in [-0.05, 0) is 20.0 Å². The first kappa shape index (κ1) is 21.1. The molecule has 0 bridgehead atoms. The van der Waals surface area contributed by atoms with Crippen LogP contribution in [0.5, 0.6) is 0 Å². The van der Waals surface area contributed by atoms with Crippen LogP contribution in [0.1, 0.15) is 6.42 Å². The molecule has 0 fully saturated rings. The van der Waals surface area contributed by atoms with Gasteiger partial charge in [-0.3, -0.25) is 9.89 Å². The number of halogens is 4. The van der Waals surface area contributed by atoms with Gasteiger partial charge >= 0.3 is 6.18 Å². The molecule has 116 valence electrons. The van der Waals surface area contributed by atoms with Crippen LogP contribution in [0.15, 0.2) is 4.99 Å². The Kier molecular flexibility index (Phi) is 10.7. The average Bonchev–Trinajstić information content (AvgIpc) is 2.12. The largest absolute Gasteiger partial charge is 0.401 e. The molecule has 0 aliphatic rings. The van der Waals surface area contributed by atoms with Gasteiger partial charge in [-0.25, -0.2) is 0 Å². The maximum Gasteiger partial charge on any atom is 0.401 e. The highest BCUT2D eigenvalue weighted by Gasteiger charge is 2.28. The molecule has 0 amide bonds. The summed E-state index contributed by atoms with van der Waals surface area (Å²) >= 11 is 0. The maximum atomic E-state index is 12.1. The summed E-state index contributed by atoms with van der Waals surface area (Å²) in [6.07, 6.45) is -3.52. The normalized spacial score (nSPS) is 11.0. The van der Waals surface area contributed by atoms with E-state index in [-0.39, 0.29) is 24.0 Å². The van der Waals surface area contributed by atoms with Crippen molar-refractivity contribution in [3.8, 4) is 0 Å². The van der Waals surface area contributed by atoms with Crippen LogP contribution < -0.4 is 0 Å². The summed E-state index contributed by atoms with van der Waals surface area (Å²) in [7, 11) is 9.00. The van der Waals surface area contributed by atoms with Gasteiger partial charge < -0.3 is 9.80 Å².